The zero-order valence-electron chi connectivity index (χ0n) is 17.8. The fraction of sp³-hybridized carbons (Fsp3) is 0.435. The number of amides is 1. The Morgan fingerprint density at radius 3 is 2.55 bits per heavy atom. The molecule has 3 aliphatic heterocycles. The SMILES string of the molecule is COc1ccc(C2SC3C4OC4N(C)C(COCc4ccccc4)(S2)C(=O)N3C)cc1. The summed E-state index contributed by atoms with van der Waals surface area (Å²) in [7, 11) is 5.54. The quantitative estimate of drug-likeness (QED) is 0.614. The summed E-state index contributed by atoms with van der Waals surface area (Å²) in [6.45, 7) is 0.755. The maximum Gasteiger partial charge on any atom is 0.256 e. The molecule has 5 unspecified atom stereocenters. The monoisotopic (exact) mass is 458 g/mol. The Morgan fingerprint density at radius 2 is 1.84 bits per heavy atom. The highest BCUT2D eigenvalue weighted by atomic mass is 32.2. The van der Waals surface area contributed by atoms with Crippen LogP contribution in [0.15, 0.2) is 54.6 Å². The molecular weight excluding hydrogens is 432 g/mol. The number of carbonyl (C=O) groups is 1. The molecule has 31 heavy (non-hydrogen) atoms. The molecular formula is C23H26N2O4S2. The Hall–Kier alpha value is -1.71. The number of fused-ring (bicyclic) bond motifs is 5. The molecule has 3 aliphatic rings. The van der Waals surface area contributed by atoms with Crippen molar-refractivity contribution < 1.29 is 19.0 Å². The number of rotatable bonds is 6. The average Bonchev–Trinajstić information content (AvgIpc) is 3.60. The first kappa shape index (κ1) is 21.2. The van der Waals surface area contributed by atoms with E-state index < -0.39 is 4.87 Å². The van der Waals surface area contributed by atoms with Crippen molar-refractivity contribution in [3.8, 4) is 5.75 Å². The number of ether oxygens (including phenoxy) is 3. The summed E-state index contributed by atoms with van der Waals surface area (Å²) < 4.78 is 17.6. The van der Waals surface area contributed by atoms with Crippen LogP contribution in [0.3, 0.4) is 0 Å². The minimum Gasteiger partial charge on any atom is -0.497 e. The highest BCUT2D eigenvalue weighted by Crippen LogP contribution is 2.59. The topological polar surface area (TPSA) is 54.5 Å². The smallest absolute Gasteiger partial charge is 0.256 e. The van der Waals surface area contributed by atoms with Crippen LogP contribution in [0.5, 0.6) is 5.75 Å². The zero-order valence-corrected chi connectivity index (χ0v) is 19.4. The molecule has 6 nitrogen and oxygen atoms in total. The lowest BCUT2D eigenvalue weighted by atomic mass is 10.2. The summed E-state index contributed by atoms with van der Waals surface area (Å²) in [5.74, 6) is 0.904. The first-order valence-corrected chi connectivity index (χ1v) is 12.1. The van der Waals surface area contributed by atoms with Gasteiger partial charge in [-0.05, 0) is 30.3 Å². The Bertz CT molecular complexity index is 944. The van der Waals surface area contributed by atoms with E-state index in [1.54, 1.807) is 30.6 Å². The Kier molecular flexibility index (Phi) is 5.68. The van der Waals surface area contributed by atoms with Crippen molar-refractivity contribution in [1.29, 1.82) is 0 Å². The number of carbonyl (C=O) groups excluding carboxylic acids is 1. The maximum absolute atomic E-state index is 13.7. The van der Waals surface area contributed by atoms with Crippen LogP contribution in [0, 0.1) is 0 Å². The molecule has 0 aromatic heterocycles. The van der Waals surface area contributed by atoms with Crippen molar-refractivity contribution in [3.63, 3.8) is 0 Å². The van der Waals surface area contributed by atoms with Crippen molar-refractivity contribution in [1.82, 2.24) is 9.80 Å². The molecule has 2 bridgehead atoms. The molecule has 5 rings (SSSR count). The van der Waals surface area contributed by atoms with Gasteiger partial charge < -0.3 is 19.1 Å². The van der Waals surface area contributed by atoms with E-state index >= 15 is 0 Å². The van der Waals surface area contributed by atoms with E-state index in [1.165, 1.54) is 0 Å². The molecule has 5 atom stereocenters. The Labute approximate surface area is 191 Å². The second-order valence-electron chi connectivity index (χ2n) is 8.03. The molecule has 3 saturated heterocycles. The standard InChI is InChI=1S/C23H26N2O4S2/c1-24-20-18-19(29-18)25(2)23(22(24)26,14-28-13-15-7-5-4-6-8-15)31-21(30-20)16-9-11-17(27-3)12-10-16/h4-12,18-21H,13-14H2,1-3H3. The lowest BCUT2D eigenvalue weighted by Gasteiger charge is -2.39. The van der Waals surface area contributed by atoms with E-state index in [0.29, 0.717) is 13.2 Å². The summed E-state index contributed by atoms with van der Waals surface area (Å²) in [5.41, 5.74) is 2.25. The summed E-state index contributed by atoms with van der Waals surface area (Å²) in [4.78, 5) is 16.8. The van der Waals surface area contributed by atoms with Crippen LogP contribution >= 0.6 is 23.5 Å². The Balaban J connectivity index is 1.46. The lowest BCUT2D eigenvalue weighted by Crippen LogP contribution is -2.57. The molecule has 0 radical (unpaired) electrons. The van der Waals surface area contributed by atoms with E-state index in [1.807, 2.05) is 61.5 Å². The summed E-state index contributed by atoms with van der Waals surface area (Å²) in [5, 5.41) is -0.0296. The van der Waals surface area contributed by atoms with Gasteiger partial charge in [-0.1, -0.05) is 42.5 Å². The van der Waals surface area contributed by atoms with Gasteiger partial charge in [-0.15, -0.1) is 23.5 Å². The van der Waals surface area contributed by atoms with Crippen LogP contribution < -0.4 is 4.74 Å². The molecule has 0 N–H and O–H groups in total. The minimum atomic E-state index is -0.855. The van der Waals surface area contributed by atoms with E-state index in [2.05, 4.69) is 17.0 Å². The first-order chi connectivity index (χ1) is 15.0. The zero-order chi connectivity index (χ0) is 21.6. The summed E-state index contributed by atoms with van der Waals surface area (Å²) >= 11 is 3.44. The van der Waals surface area contributed by atoms with Crippen LogP contribution in [-0.4, -0.2) is 66.1 Å². The van der Waals surface area contributed by atoms with Crippen molar-refractivity contribution in [2.24, 2.45) is 0 Å². The van der Waals surface area contributed by atoms with Crippen molar-refractivity contribution >= 4 is 29.4 Å². The van der Waals surface area contributed by atoms with Gasteiger partial charge in [0.1, 0.15) is 23.5 Å². The predicted octanol–water partition coefficient (Wildman–Crippen LogP) is 3.54. The van der Waals surface area contributed by atoms with Gasteiger partial charge in [0.05, 0.1) is 24.9 Å². The number of hydrogen-bond acceptors (Lipinski definition) is 7. The Morgan fingerprint density at radius 1 is 1.10 bits per heavy atom. The molecule has 2 aromatic rings. The average molecular weight is 459 g/mol. The minimum absolute atomic E-state index is 0.0154. The number of likely N-dealkylation sites (N-methyl/N-ethyl adjacent to an activating group) is 2. The van der Waals surface area contributed by atoms with Crippen molar-refractivity contribution in [3.05, 3.63) is 65.7 Å². The van der Waals surface area contributed by atoms with E-state index in [9.17, 15) is 4.79 Å². The lowest BCUT2D eigenvalue weighted by molar-refractivity contribution is -0.141. The summed E-state index contributed by atoms with van der Waals surface area (Å²) in [6.07, 6.45) is -0.0439. The van der Waals surface area contributed by atoms with Crippen LogP contribution in [0.25, 0.3) is 0 Å². The maximum atomic E-state index is 13.7. The molecule has 3 heterocycles. The van der Waals surface area contributed by atoms with Gasteiger partial charge >= 0.3 is 0 Å². The molecule has 3 fully saturated rings. The summed E-state index contributed by atoms with van der Waals surface area (Å²) in [6, 6.07) is 18.2. The fourth-order valence-electron chi connectivity index (χ4n) is 4.22. The van der Waals surface area contributed by atoms with Crippen LogP contribution in [-0.2, 0) is 20.9 Å². The third kappa shape index (κ3) is 3.74. The normalized spacial score (nSPS) is 32.4. The highest BCUT2D eigenvalue weighted by molar-refractivity contribution is 8.17. The number of thioether (sulfide) groups is 2. The van der Waals surface area contributed by atoms with Gasteiger partial charge in [0.15, 0.2) is 4.87 Å². The van der Waals surface area contributed by atoms with Crippen LogP contribution in [0.4, 0.5) is 0 Å². The molecule has 0 aliphatic carbocycles. The van der Waals surface area contributed by atoms with E-state index in [4.69, 9.17) is 14.2 Å². The third-order valence-corrected chi connectivity index (χ3v) is 9.59. The van der Waals surface area contributed by atoms with E-state index in [0.717, 1.165) is 16.9 Å². The molecule has 0 saturated carbocycles. The molecule has 8 heteroatoms. The highest BCUT2D eigenvalue weighted by Gasteiger charge is 2.65. The molecule has 1 amide bonds. The van der Waals surface area contributed by atoms with Gasteiger partial charge in [-0.3, -0.25) is 9.69 Å². The van der Waals surface area contributed by atoms with Gasteiger partial charge in [0, 0.05) is 7.05 Å². The third-order valence-electron chi connectivity index (χ3n) is 6.13. The van der Waals surface area contributed by atoms with Crippen molar-refractivity contribution in [2.45, 2.75) is 33.8 Å². The van der Waals surface area contributed by atoms with Gasteiger partial charge in [-0.2, -0.15) is 0 Å². The van der Waals surface area contributed by atoms with Gasteiger partial charge in [0.25, 0.3) is 5.91 Å². The first-order valence-electron chi connectivity index (χ1n) is 10.3. The van der Waals surface area contributed by atoms with Gasteiger partial charge in [0.2, 0.25) is 0 Å². The fourth-order valence-corrected chi connectivity index (χ4v) is 7.78. The largest absolute Gasteiger partial charge is 0.497 e. The van der Waals surface area contributed by atoms with Crippen LogP contribution in [0.2, 0.25) is 0 Å². The van der Waals surface area contributed by atoms with E-state index in [-0.39, 0.29) is 28.2 Å². The number of methoxy groups -OCH3 is 1. The number of epoxide rings is 1. The molecule has 0 spiro atoms. The molecule has 2 aromatic carbocycles. The van der Waals surface area contributed by atoms with Crippen molar-refractivity contribution in [2.75, 3.05) is 27.8 Å². The second-order valence-corrected chi connectivity index (χ2v) is 10.9. The second kappa shape index (κ2) is 8.33. The predicted molar refractivity (Wildman–Crippen MR) is 123 cm³/mol. The number of benzene rings is 2. The number of nitrogens with zero attached hydrogens (tertiary/aromatic N) is 2. The number of hydrogen-bond donors (Lipinski definition) is 0. The molecule has 164 valence electrons. The van der Waals surface area contributed by atoms with Crippen LogP contribution in [0.1, 0.15) is 15.7 Å². The van der Waals surface area contributed by atoms with Gasteiger partial charge in [-0.25, -0.2) is 0 Å².